The number of benzene rings is 1. The largest absolute Gasteiger partial charge is 0.381 e. The molecule has 2 heterocycles. The summed E-state index contributed by atoms with van der Waals surface area (Å²) in [6.07, 6.45) is 1.27. The Labute approximate surface area is 103 Å². The molecule has 2 nitrogen and oxygen atoms in total. The molecule has 2 atom stereocenters. The Morgan fingerprint density at radius 3 is 3.00 bits per heavy atom. The van der Waals surface area contributed by atoms with Crippen LogP contribution in [0.3, 0.4) is 0 Å². The summed E-state index contributed by atoms with van der Waals surface area (Å²) >= 11 is 0. The van der Waals surface area contributed by atoms with Crippen LogP contribution in [0.1, 0.15) is 23.5 Å². The molecular formula is C13H19ClN2. The van der Waals surface area contributed by atoms with E-state index in [1.54, 1.807) is 0 Å². The van der Waals surface area contributed by atoms with Crippen molar-refractivity contribution >= 4 is 18.1 Å². The molecule has 1 aromatic carbocycles. The van der Waals surface area contributed by atoms with Gasteiger partial charge in [-0.05, 0) is 38.6 Å². The summed E-state index contributed by atoms with van der Waals surface area (Å²) in [5.41, 5.74) is 4.28. The second-order valence-corrected chi connectivity index (χ2v) is 5.00. The molecule has 2 aliphatic heterocycles. The molecule has 0 radical (unpaired) electrons. The molecule has 16 heavy (non-hydrogen) atoms. The number of nitrogens with one attached hydrogen (secondary N) is 1. The van der Waals surface area contributed by atoms with E-state index in [4.69, 9.17) is 0 Å². The van der Waals surface area contributed by atoms with E-state index in [1.807, 2.05) is 0 Å². The molecule has 1 N–H and O–H groups in total. The van der Waals surface area contributed by atoms with E-state index in [2.05, 4.69) is 42.4 Å². The van der Waals surface area contributed by atoms with E-state index in [0.29, 0.717) is 12.0 Å². The lowest BCUT2D eigenvalue weighted by atomic mass is 9.89. The average molecular weight is 239 g/mol. The first-order chi connectivity index (χ1) is 7.24. The molecule has 0 amide bonds. The van der Waals surface area contributed by atoms with Gasteiger partial charge in [0.25, 0.3) is 0 Å². The molecule has 0 aliphatic carbocycles. The van der Waals surface area contributed by atoms with Gasteiger partial charge in [0.05, 0.1) is 0 Å². The lowest BCUT2D eigenvalue weighted by Gasteiger charge is -2.32. The van der Waals surface area contributed by atoms with Gasteiger partial charge in [0, 0.05) is 24.2 Å². The van der Waals surface area contributed by atoms with E-state index in [0.717, 1.165) is 0 Å². The van der Waals surface area contributed by atoms with Gasteiger partial charge in [0.2, 0.25) is 0 Å². The van der Waals surface area contributed by atoms with Crippen molar-refractivity contribution in [2.75, 3.05) is 25.5 Å². The fourth-order valence-corrected chi connectivity index (χ4v) is 2.92. The Balaban J connectivity index is 0.000000963. The van der Waals surface area contributed by atoms with E-state index in [9.17, 15) is 0 Å². The molecule has 1 fully saturated rings. The quantitative estimate of drug-likeness (QED) is 0.748. The van der Waals surface area contributed by atoms with Crippen LogP contribution in [0.15, 0.2) is 18.2 Å². The summed E-state index contributed by atoms with van der Waals surface area (Å²) in [4.78, 5) is 2.44. The predicted octanol–water partition coefficient (Wildman–Crippen LogP) is 2.63. The number of nitrogens with zero attached hydrogens (tertiary/aromatic N) is 1. The lowest BCUT2D eigenvalue weighted by molar-refractivity contribution is 0.243. The van der Waals surface area contributed by atoms with Gasteiger partial charge in [-0.1, -0.05) is 17.7 Å². The van der Waals surface area contributed by atoms with Crippen molar-refractivity contribution in [3.05, 3.63) is 29.3 Å². The number of hydrogen-bond donors (Lipinski definition) is 1. The monoisotopic (exact) mass is 238 g/mol. The van der Waals surface area contributed by atoms with Crippen LogP contribution in [0, 0.1) is 6.92 Å². The smallest absolute Gasteiger partial charge is 0.0379 e. The maximum absolute atomic E-state index is 3.66. The Kier molecular flexibility index (Phi) is 3.13. The second kappa shape index (κ2) is 4.27. The third-order valence-corrected chi connectivity index (χ3v) is 3.76. The highest BCUT2D eigenvalue weighted by Gasteiger charge is 2.35. The molecule has 0 spiro atoms. The Hall–Kier alpha value is -0.730. The van der Waals surface area contributed by atoms with E-state index in [1.165, 1.54) is 36.3 Å². The number of anilines is 1. The van der Waals surface area contributed by atoms with Crippen LogP contribution in [0.25, 0.3) is 0 Å². The fourth-order valence-electron chi connectivity index (χ4n) is 2.92. The zero-order valence-corrected chi connectivity index (χ0v) is 10.7. The summed E-state index contributed by atoms with van der Waals surface area (Å²) in [6.45, 7) is 4.61. The number of fused-ring (bicyclic) bond motifs is 3. The Morgan fingerprint density at radius 2 is 2.19 bits per heavy atom. The van der Waals surface area contributed by atoms with E-state index >= 15 is 0 Å². The van der Waals surface area contributed by atoms with Crippen molar-refractivity contribution in [2.45, 2.75) is 25.3 Å². The highest BCUT2D eigenvalue weighted by atomic mass is 35.5. The molecule has 3 rings (SSSR count). The summed E-state index contributed by atoms with van der Waals surface area (Å²) in [6, 6.07) is 7.47. The van der Waals surface area contributed by atoms with Gasteiger partial charge < -0.3 is 10.2 Å². The molecule has 3 heteroatoms. The van der Waals surface area contributed by atoms with Crippen LogP contribution in [0.4, 0.5) is 5.69 Å². The van der Waals surface area contributed by atoms with Gasteiger partial charge in [-0.15, -0.1) is 12.4 Å². The minimum absolute atomic E-state index is 0. The van der Waals surface area contributed by atoms with Crippen LogP contribution in [-0.2, 0) is 0 Å². The molecule has 0 aromatic heterocycles. The van der Waals surface area contributed by atoms with Crippen molar-refractivity contribution in [1.82, 2.24) is 4.90 Å². The Bertz CT molecular complexity index is 392. The van der Waals surface area contributed by atoms with Crippen molar-refractivity contribution in [3.63, 3.8) is 0 Å². The average Bonchev–Trinajstić information content (AvgIpc) is 2.56. The minimum Gasteiger partial charge on any atom is -0.381 e. The molecular weight excluding hydrogens is 220 g/mol. The standard InChI is InChI=1S/C13H18N2.ClH/c1-9-3-4-12-10(7-9)11-8-15(2)6-5-13(11)14-12;/h3-4,7,11,13-14H,5-6,8H2,1-2H3;1H/t11-,13-;/m0./s1. The molecule has 88 valence electrons. The molecule has 0 saturated carbocycles. The summed E-state index contributed by atoms with van der Waals surface area (Å²) in [5, 5.41) is 3.66. The van der Waals surface area contributed by atoms with Crippen LogP contribution in [-0.4, -0.2) is 31.1 Å². The zero-order valence-electron chi connectivity index (χ0n) is 9.86. The highest BCUT2D eigenvalue weighted by Crippen LogP contribution is 2.40. The van der Waals surface area contributed by atoms with E-state index in [-0.39, 0.29) is 12.4 Å². The van der Waals surface area contributed by atoms with Crippen LogP contribution in [0.5, 0.6) is 0 Å². The third kappa shape index (κ3) is 1.80. The normalized spacial score (nSPS) is 27.6. The van der Waals surface area contributed by atoms with Crippen LogP contribution < -0.4 is 5.32 Å². The summed E-state index contributed by atoms with van der Waals surface area (Å²) < 4.78 is 0. The SMILES string of the molecule is Cc1ccc2c(c1)[C@@H]1CN(C)CC[C@@H]1N2.Cl. The van der Waals surface area contributed by atoms with Crippen LogP contribution >= 0.6 is 12.4 Å². The molecule has 1 saturated heterocycles. The summed E-state index contributed by atoms with van der Waals surface area (Å²) in [5.74, 6) is 0.707. The number of halogens is 1. The van der Waals surface area contributed by atoms with Gasteiger partial charge >= 0.3 is 0 Å². The van der Waals surface area contributed by atoms with Crippen molar-refractivity contribution < 1.29 is 0 Å². The van der Waals surface area contributed by atoms with Gasteiger partial charge in [-0.2, -0.15) is 0 Å². The van der Waals surface area contributed by atoms with Gasteiger partial charge in [0.1, 0.15) is 0 Å². The molecule has 1 aromatic rings. The minimum atomic E-state index is 0. The van der Waals surface area contributed by atoms with E-state index < -0.39 is 0 Å². The Morgan fingerprint density at radius 1 is 1.38 bits per heavy atom. The van der Waals surface area contributed by atoms with Gasteiger partial charge in [-0.3, -0.25) is 0 Å². The molecule has 2 aliphatic rings. The number of rotatable bonds is 0. The predicted molar refractivity (Wildman–Crippen MR) is 70.7 cm³/mol. The zero-order chi connectivity index (χ0) is 10.4. The maximum Gasteiger partial charge on any atom is 0.0379 e. The third-order valence-electron chi connectivity index (χ3n) is 3.76. The van der Waals surface area contributed by atoms with Crippen molar-refractivity contribution in [2.24, 2.45) is 0 Å². The number of piperidine rings is 1. The topological polar surface area (TPSA) is 15.3 Å². The first kappa shape index (κ1) is 11.7. The first-order valence-corrected chi connectivity index (χ1v) is 5.79. The maximum atomic E-state index is 3.66. The van der Waals surface area contributed by atoms with Gasteiger partial charge in [-0.25, -0.2) is 0 Å². The summed E-state index contributed by atoms with van der Waals surface area (Å²) in [7, 11) is 2.23. The lowest BCUT2D eigenvalue weighted by Crippen LogP contribution is -2.39. The van der Waals surface area contributed by atoms with Crippen LogP contribution in [0.2, 0.25) is 0 Å². The van der Waals surface area contributed by atoms with Gasteiger partial charge in [0.15, 0.2) is 0 Å². The fraction of sp³-hybridized carbons (Fsp3) is 0.538. The highest BCUT2D eigenvalue weighted by molar-refractivity contribution is 5.85. The molecule has 0 bridgehead atoms. The second-order valence-electron chi connectivity index (χ2n) is 5.00. The number of hydrogen-bond acceptors (Lipinski definition) is 2. The van der Waals surface area contributed by atoms with Crippen molar-refractivity contribution in [1.29, 1.82) is 0 Å². The first-order valence-electron chi connectivity index (χ1n) is 5.79. The van der Waals surface area contributed by atoms with Crippen molar-refractivity contribution in [3.8, 4) is 0 Å². The number of likely N-dealkylation sites (tertiary alicyclic amines) is 1. The number of likely N-dealkylation sites (N-methyl/N-ethyl adjacent to an activating group) is 1. The molecule has 0 unspecified atom stereocenters. The number of aryl methyl sites for hydroxylation is 1.